The molecule has 0 unspecified atom stereocenters. The molecule has 2 saturated carbocycles. The van der Waals surface area contributed by atoms with Gasteiger partial charge in [0.2, 0.25) is 6.10 Å². The van der Waals surface area contributed by atoms with E-state index in [9.17, 15) is 34.5 Å². The smallest absolute Gasteiger partial charge is 0.408 e. The van der Waals surface area contributed by atoms with Crippen LogP contribution in [0.3, 0.4) is 0 Å². The predicted molar refractivity (Wildman–Crippen MR) is 244 cm³/mol. The van der Waals surface area contributed by atoms with Gasteiger partial charge in [-0.1, -0.05) is 76.2 Å². The molecule has 17 heteroatoms. The van der Waals surface area contributed by atoms with Crippen molar-refractivity contribution in [2.75, 3.05) is 26.2 Å². The van der Waals surface area contributed by atoms with E-state index in [1.807, 2.05) is 13.8 Å². The SMILES string of the molecule is CCN(CC)CCCC(=O)O[C@@H](C(=O)O[C@H]1C[C@@]2(O)[C@@H](OC(=O)c3ccccc3)[C@@H]3[C@]4(OC(C)=O)CO[C@@H]4C[C@H](O)[C@@]3(C)C(=O)[C@H](O)C(=C1C)C2(C)C)[C@@H](NC(=O)OC(C)(C)C)c1ccccc1. The van der Waals surface area contributed by atoms with Gasteiger partial charge in [-0.25, -0.2) is 14.4 Å². The molecular weight excluding hydrogens is 881 g/mol. The van der Waals surface area contributed by atoms with Crippen molar-refractivity contribution in [1.29, 1.82) is 0 Å². The number of aliphatic hydroxyl groups is 3. The van der Waals surface area contributed by atoms with E-state index < -0.39 is 118 Å². The quantitative estimate of drug-likeness (QED) is 0.105. The van der Waals surface area contributed by atoms with E-state index in [4.69, 9.17) is 28.4 Å². The van der Waals surface area contributed by atoms with Crippen molar-refractivity contribution in [2.45, 2.75) is 154 Å². The van der Waals surface area contributed by atoms with Crippen LogP contribution in [-0.4, -0.2) is 136 Å². The average Bonchev–Trinajstić information content (AvgIpc) is 3.27. The second-order valence-corrected chi connectivity index (χ2v) is 20.2. The minimum Gasteiger partial charge on any atom is -0.455 e. The Kier molecular flexibility index (Phi) is 15.4. The molecule has 0 spiro atoms. The summed E-state index contributed by atoms with van der Waals surface area (Å²) in [5.74, 6) is -6.13. The first-order valence-electron chi connectivity index (χ1n) is 23.4. The number of alkyl carbamates (subject to hydrolysis) is 1. The Morgan fingerprint density at radius 2 is 1.56 bits per heavy atom. The number of ketones is 1. The molecule has 2 aromatic carbocycles. The highest BCUT2D eigenvalue weighted by Crippen LogP contribution is 2.64. The number of rotatable bonds is 15. The molecule has 372 valence electrons. The molecule has 1 amide bonds. The molecule has 2 aromatic rings. The molecule has 0 radical (unpaired) electrons. The number of carbonyl (C=O) groups excluding carboxylic acids is 6. The number of amides is 1. The van der Waals surface area contributed by atoms with Crippen molar-refractivity contribution in [3.8, 4) is 0 Å². The largest absolute Gasteiger partial charge is 0.455 e. The van der Waals surface area contributed by atoms with E-state index >= 15 is 9.59 Å². The molecule has 4 aliphatic rings. The first-order chi connectivity index (χ1) is 31.9. The molecule has 17 nitrogen and oxygen atoms in total. The van der Waals surface area contributed by atoms with Crippen molar-refractivity contribution < 1.29 is 72.5 Å². The summed E-state index contributed by atoms with van der Waals surface area (Å²) in [6.07, 6.45) is -11.2. The number of nitrogens with one attached hydrogen (secondary N) is 1. The predicted octanol–water partition coefficient (Wildman–Crippen LogP) is 4.93. The van der Waals surface area contributed by atoms with Gasteiger partial charge < -0.3 is 54.0 Å². The Morgan fingerprint density at radius 1 is 0.941 bits per heavy atom. The minimum absolute atomic E-state index is 0.0697. The first-order valence-corrected chi connectivity index (χ1v) is 23.4. The van der Waals surface area contributed by atoms with E-state index in [2.05, 4.69) is 10.2 Å². The van der Waals surface area contributed by atoms with Gasteiger partial charge in [0.1, 0.15) is 41.7 Å². The number of benzene rings is 2. The summed E-state index contributed by atoms with van der Waals surface area (Å²) in [4.78, 5) is 87.0. The topological polar surface area (TPSA) is 234 Å². The van der Waals surface area contributed by atoms with Gasteiger partial charge in [0, 0.05) is 31.6 Å². The second-order valence-electron chi connectivity index (χ2n) is 20.2. The highest BCUT2D eigenvalue weighted by Gasteiger charge is 2.78. The van der Waals surface area contributed by atoms with Gasteiger partial charge in [0.15, 0.2) is 11.4 Å². The van der Waals surface area contributed by atoms with E-state index in [1.165, 1.54) is 26.0 Å². The number of hydrogen-bond donors (Lipinski definition) is 4. The zero-order chi connectivity index (χ0) is 50.1. The normalized spacial score (nSPS) is 30.5. The van der Waals surface area contributed by atoms with E-state index in [0.29, 0.717) is 18.5 Å². The zero-order valence-electron chi connectivity index (χ0n) is 40.7. The number of esters is 4. The van der Waals surface area contributed by atoms with Crippen LogP contribution in [0.4, 0.5) is 4.79 Å². The number of fused-ring (bicyclic) bond motifs is 5. The number of hydrogen-bond acceptors (Lipinski definition) is 16. The monoisotopic (exact) mass is 948 g/mol. The minimum atomic E-state index is -2.40. The fourth-order valence-electron chi connectivity index (χ4n) is 10.8. The van der Waals surface area contributed by atoms with Gasteiger partial charge in [-0.15, -0.1) is 0 Å². The van der Waals surface area contributed by atoms with Crippen LogP contribution in [0.2, 0.25) is 0 Å². The van der Waals surface area contributed by atoms with Gasteiger partial charge in [0.25, 0.3) is 0 Å². The molecule has 0 aromatic heterocycles. The van der Waals surface area contributed by atoms with Crippen molar-refractivity contribution in [3.05, 3.63) is 82.9 Å². The number of Topliss-reactive ketones (excluding diaryl/α,β-unsaturated/α-hetero) is 1. The number of ether oxygens (including phenoxy) is 6. The maximum absolute atomic E-state index is 15.2. The maximum atomic E-state index is 15.2. The van der Waals surface area contributed by atoms with Gasteiger partial charge in [-0.2, -0.15) is 0 Å². The molecule has 68 heavy (non-hydrogen) atoms. The third-order valence-corrected chi connectivity index (χ3v) is 14.6. The lowest BCUT2D eigenvalue weighted by Gasteiger charge is -2.67. The lowest BCUT2D eigenvalue weighted by Crippen LogP contribution is -2.81. The average molecular weight is 949 g/mol. The lowest BCUT2D eigenvalue weighted by molar-refractivity contribution is -0.346. The number of nitrogens with zero attached hydrogens (tertiary/aromatic N) is 1. The fraction of sp³-hybridized carbons (Fsp3) is 0.608. The Balaban J connectivity index is 1.50. The molecule has 1 heterocycles. The molecule has 3 aliphatic carbocycles. The summed E-state index contributed by atoms with van der Waals surface area (Å²) >= 11 is 0. The van der Waals surface area contributed by atoms with E-state index in [0.717, 1.165) is 20.0 Å². The van der Waals surface area contributed by atoms with Crippen molar-refractivity contribution in [1.82, 2.24) is 10.2 Å². The second kappa shape index (κ2) is 20.0. The molecule has 3 fully saturated rings. The Hall–Kier alpha value is -5.20. The molecule has 1 saturated heterocycles. The van der Waals surface area contributed by atoms with Crippen LogP contribution in [0, 0.1) is 16.7 Å². The number of aliphatic hydroxyl groups excluding tert-OH is 2. The van der Waals surface area contributed by atoms with Crippen LogP contribution in [0.25, 0.3) is 0 Å². The van der Waals surface area contributed by atoms with Gasteiger partial charge >= 0.3 is 30.0 Å². The molecule has 1 aliphatic heterocycles. The molecule has 4 N–H and O–H groups in total. The Morgan fingerprint density at radius 3 is 2.12 bits per heavy atom. The standard InChI is InChI=1S/C51H68N2O15/c1-11-53(12-2)25-19-24-36(56)65-40(38(31-20-15-13-16-21-31)52-46(61)68-47(5,6)7)45(60)64-33-27-51(62)43(66-44(59)32-22-17-14-18-23-32)41-49(10,42(58)39(57)37(29(33)3)48(51,8)9)34(55)26-35-50(41,28-63-35)67-30(4)54/h13-18,20-23,33-35,38-41,43,55,57,62H,11-12,19,24-28H2,1-10H3,(H,52,61)/t33-,34-,35+,38-,39+,40+,41-,43-,49+,50-,51+/m0/s1. The summed E-state index contributed by atoms with van der Waals surface area (Å²) in [6.45, 7) is 17.9. The van der Waals surface area contributed by atoms with Crippen LogP contribution in [0.1, 0.15) is 117 Å². The number of carbonyl (C=O) groups is 6. The highest BCUT2D eigenvalue weighted by atomic mass is 16.6. The van der Waals surface area contributed by atoms with E-state index in [1.54, 1.807) is 83.1 Å². The summed E-state index contributed by atoms with van der Waals surface area (Å²) in [7, 11) is 0. The van der Waals surface area contributed by atoms with Crippen LogP contribution < -0.4 is 5.32 Å². The summed E-state index contributed by atoms with van der Waals surface area (Å²) in [5, 5.41) is 40.9. The first kappa shape index (κ1) is 52.2. The summed E-state index contributed by atoms with van der Waals surface area (Å²) in [5.41, 5.74) is -8.37. The van der Waals surface area contributed by atoms with Crippen molar-refractivity contribution >= 4 is 35.8 Å². The van der Waals surface area contributed by atoms with Crippen LogP contribution >= 0.6 is 0 Å². The van der Waals surface area contributed by atoms with Crippen LogP contribution in [-0.2, 0) is 47.6 Å². The van der Waals surface area contributed by atoms with Gasteiger partial charge in [0.05, 0.1) is 29.6 Å². The fourth-order valence-corrected chi connectivity index (χ4v) is 10.8. The van der Waals surface area contributed by atoms with Crippen molar-refractivity contribution in [3.63, 3.8) is 0 Å². The zero-order valence-corrected chi connectivity index (χ0v) is 40.7. The van der Waals surface area contributed by atoms with Crippen LogP contribution in [0.15, 0.2) is 71.8 Å². The molecule has 2 bridgehead atoms. The third-order valence-electron chi connectivity index (χ3n) is 14.6. The van der Waals surface area contributed by atoms with Crippen molar-refractivity contribution in [2.24, 2.45) is 16.7 Å². The molecular formula is C51H68N2O15. The summed E-state index contributed by atoms with van der Waals surface area (Å²) < 4.78 is 36.3. The Bertz CT molecular complexity index is 2240. The van der Waals surface area contributed by atoms with Crippen LogP contribution in [0.5, 0.6) is 0 Å². The maximum Gasteiger partial charge on any atom is 0.408 e. The van der Waals surface area contributed by atoms with E-state index in [-0.39, 0.29) is 36.2 Å². The Labute approximate surface area is 397 Å². The molecule has 11 atom stereocenters. The van der Waals surface area contributed by atoms with Gasteiger partial charge in [-0.3, -0.25) is 14.4 Å². The molecule has 6 rings (SSSR count). The lowest BCUT2D eigenvalue weighted by atomic mass is 9.44. The summed E-state index contributed by atoms with van der Waals surface area (Å²) in [6, 6.07) is 14.8. The third kappa shape index (κ3) is 9.82. The highest BCUT2D eigenvalue weighted by molar-refractivity contribution is 5.94. The van der Waals surface area contributed by atoms with Gasteiger partial charge in [-0.05, 0) is 89.5 Å².